The molecule has 0 unspecified atom stereocenters. The van der Waals surface area contributed by atoms with E-state index in [1.165, 1.54) is 5.56 Å². The van der Waals surface area contributed by atoms with Gasteiger partial charge in [0.15, 0.2) is 0 Å². The molecule has 6 nitrogen and oxygen atoms in total. The van der Waals surface area contributed by atoms with Crippen molar-refractivity contribution in [1.29, 1.82) is 0 Å². The SMILES string of the molecule is CN(Cc1cnccn1)C(=O)[C@H]1CCC(=O)N(CCc2ccccc2)C1. The molecule has 3 rings (SSSR count). The number of hydrogen-bond acceptors (Lipinski definition) is 4. The van der Waals surface area contributed by atoms with Gasteiger partial charge in [-0.2, -0.15) is 0 Å². The number of likely N-dealkylation sites (tertiary alicyclic amines) is 1. The highest BCUT2D eigenvalue weighted by atomic mass is 16.2. The highest BCUT2D eigenvalue weighted by molar-refractivity contribution is 5.83. The highest BCUT2D eigenvalue weighted by Crippen LogP contribution is 2.20. The van der Waals surface area contributed by atoms with E-state index in [0.29, 0.717) is 32.5 Å². The third-order valence-electron chi connectivity index (χ3n) is 4.75. The molecule has 1 aromatic carbocycles. The zero-order valence-corrected chi connectivity index (χ0v) is 15.0. The van der Waals surface area contributed by atoms with Crippen LogP contribution in [0.2, 0.25) is 0 Å². The quantitative estimate of drug-likeness (QED) is 0.797. The third kappa shape index (κ3) is 4.65. The molecular weight excluding hydrogens is 328 g/mol. The minimum absolute atomic E-state index is 0.0628. The molecule has 0 saturated carbocycles. The summed E-state index contributed by atoms with van der Waals surface area (Å²) in [6.07, 6.45) is 6.76. The van der Waals surface area contributed by atoms with Gasteiger partial charge in [0.1, 0.15) is 0 Å². The number of aromatic nitrogens is 2. The number of amides is 2. The predicted octanol–water partition coefficient (Wildman–Crippen LogP) is 1.92. The van der Waals surface area contributed by atoms with Crippen molar-refractivity contribution in [2.75, 3.05) is 20.1 Å². The van der Waals surface area contributed by atoms with Crippen molar-refractivity contribution in [2.45, 2.75) is 25.8 Å². The molecule has 0 bridgehead atoms. The lowest BCUT2D eigenvalue weighted by Crippen LogP contribution is -2.46. The number of hydrogen-bond donors (Lipinski definition) is 0. The maximum atomic E-state index is 12.8. The van der Waals surface area contributed by atoms with Crippen LogP contribution in [0.25, 0.3) is 0 Å². The molecule has 0 radical (unpaired) electrons. The van der Waals surface area contributed by atoms with E-state index < -0.39 is 0 Å². The van der Waals surface area contributed by atoms with E-state index in [4.69, 9.17) is 0 Å². The fourth-order valence-electron chi connectivity index (χ4n) is 3.29. The fraction of sp³-hybridized carbons (Fsp3) is 0.400. The van der Waals surface area contributed by atoms with Crippen molar-refractivity contribution in [1.82, 2.24) is 19.8 Å². The predicted molar refractivity (Wildman–Crippen MR) is 98.0 cm³/mol. The smallest absolute Gasteiger partial charge is 0.227 e. The summed E-state index contributed by atoms with van der Waals surface area (Å²) in [7, 11) is 1.78. The summed E-state index contributed by atoms with van der Waals surface area (Å²) in [4.78, 5) is 36.8. The van der Waals surface area contributed by atoms with E-state index in [-0.39, 0.29) is 17.7 Å². The van der Waals surface area contributed by atoms with Crippen LogP contribution >= 0.6 is 0 Å². The van der Waals surface area contributed by atoms with Gasteiger partial charge in [-0.05, 0) is 18.4 Å². The van der Waals surface area contributed by atoms with Gasteiger partial charge in [-0.1, -0.05) is 30.3 Å². The number of rotatable bonds is 6. The molecule has 1 aliphatic rings. The van der Waals surface area contributed by atoms with Gasteiger partial charge in [0.05, 0.1) is 24.4 Å². The van der Waals surface area contributed by atoms with E-state index in [1.807, 2.05) is 23.1 Å². The molecule has 1 aromatic heterocycles. The van der Waals surface area contributed by atoms with Crippen LogP contribution in [0.15, 0.2) is 48.9 Å². The van der Waals surface area contributed by atoms with Crippen molar-refractivity contribution in [3.05, 3.63) is 60.2 Å². The van der Waals surface area contributed by atoms with Crippen LogP contribution in [0.1, 0.15) is 24.1 Å². The molecular formula is C20H24N4O2. The maximum absolute atomic E-state index is 12.8. The van der Waals surface area contributed by atoms with Crippen LogP contribution in [-0.4, -0.2) is 51.7 Å². The molecule has 1 aliphatic heterocycles. The van der Waals surface area contributed by atoms with Gasteiger partial charge >= 0.3 is 0 Å². The van der Waals surface area contributed by atoms with Crippen molar-refractivity contribution in [2.24, 2.45) is 5.92 Å². The largest absolute Gasteiger partial charge is 0.342 e. The van der Waals surface area contributed by atoms with Gasteiger partial charge < -0.3 is 9.80 Å². The molecule has 0 spiro atoms. The van der Waals surface area contributed by atoms with Crippen LogP contribution in [0.4, 0.5) is 0 Å². The molecule has 2 amide bonds. The Kier molecular flexibility index (Phi) is 5.94. The van der Waals surface area contributed by atoms with Gasteiger partial charge in [-0.15, -0.1) is 0 Å². The number of benzene rings is 1. The minimum atomic E-state index is -0.148. The number of carbonyl (C=O) groups excluding carboxylic acids is 2. The lowest BCUT2D eigenvalue weighted by atomic mass is 9.95. The van der Waals surface area contributed by atoms with E-state index in [9.17, 15) is 9.59 Å². The minimum Gasteiger partial charge on any atom is -0.342 e. The zero-order chi connectivity index (χ0) is 18.4. The summed E-state index contributed by atoms with van der Waals surface area (Å²) in [5, 5.41) is 0. The molecule has 26 heavy (non-hydrogen) atoms. The maximum Gasteiger partial charge on any atom is 0.227 e. The van der Waals surface area contributed by atoms with Crippen LogP contribution in [0.5, 0.6) is 0 Å². The van der Waals surface area contributed by atoms with Gasteiger partial charge in [-0.25, -0.2) is 0 Å². The molecule has 0 N–H and O–H groups in total. The van der Waals surface area contributed by atoms with Crippen LogP contribution in [0, 0.1) is 5.92 Å². The van der Waals surface area contributed by atoms with Gasteiger partial charge in [0.2, 0.25) is 11.8 Å². The normalized spacial score (nSPS) is 17.2. The van der Waals surface area contributed by atoms with E-state index in [2.05, 4.69) is 22.1 Å². The molecule has 1 atom stereocenters. The summed E-state index contributed by atoms with van der Waals surface area (Å²) >= 11 is 0. The standard InChI is InChI=1S/C20H24N4O2/c1-23(15-18-13-21-10-11-22-18)20(26)17-7-8-19(25)24(14-17)12-9-16-5-3-2-4-6-16/h2-6,10-11,13,17H,7-9,12,14-15H2,1H3/t17-/m0/s1. The summed E-state index contributed by atoms with van der Waals surface area (Å²) in [5.74, 6) is 0.0552. The van der Waals surface area contributed by atoms with E-state index in [0.717, 1.165) is 12.1 Å². The Morgan fingerprint density at radius 2 is 2.08 bits per heavy atom. The van der Waals surface area contributed by atoms with E-state index in [1.54, 1.807) is 30.5 Å². The first-order valence-electron chi connectivity index (χ1n) is 8.95. The summed E-state index contributed by atoms with van der Waals surface area (Å²) < 4.78 is 0. The van der Waals surface area contributed by atoms with Crippen molar-refractivity contribution in [3.63, 3.8) is 0 Å². The van der Waals surface area contributed by atoms with Crippen LogP contribution in [-0.2, 0) is 22.6 Å². The van der Waals surface area contributed by atoms with E-state index >= 15 is 0 Å². The first-order valence-corrected chi connectivity index (χ1v) is 8.95. The highest BCUT2D eigenvalue weighted by Gasteiger charge is 2.31. The van der Waals surface area contributed by atoms with Crippen molar-refractivity contribution < 1.29 is 9.59 Å². The second kappa shape index (κ2) is 8.56. The van der Waals surface area contributed by atoms with Gasteiger partial charge in [0.25, 0.3) is 0 Å². The molecule has 1 fully saturated rings. The molecule has 0 aliphatic carbocycles. The Morgan fingerprint density at radius 3 is 2.81 bits per heavy atom. The van der Waals surface area contributed by atoms with Crippen molar-refractivity contribution >= 4 is 11.8 Å². The average Bonchev–Trinajstić information content (AvgIpc) is 2.68. The number of carbonyl (C=O) groups is 2. The molecule has 2 aromatic rings. The second-order valence-corrected chi connectivity index (χ2v) is 6.70. The van der Waals surface area contributed by atoms with Crippen LogP contribution < -0.4 is 0 Å². The Labute approximate surface area is 153 Å². The Bertz CT molecular complexity index is 736. The first-order chi connectivity index (χ1) is 12.6. The van der Waals surface area contributed by atoms with Gasteiger partial charge in [-0.3, -0.25) is 19.6 Å². The topological polar surface area (TPSA) is 66.4 Å². The lowest BCUT2D eigenvalue weighted by Gasteiger charge is -2.33. The Balaban J connectivity index is 1.56. The monoisotopic (exact) mass is 352 g/mol. The van der Waals surface area contributed by atoms with Crippen LogP contribution in [0.3, 0.4) is 0 Å². The molecule has 1 saturated heterocycles. The molecule has 136 valence electrons. The van der Waals surface area contributed by atoms with Gasteiger partial charge in [0, 0.05) is 39.0 Å². The third-order valence-corrected chi connectivity index (χ3v) is 4.75. The second-order valence-electron chi connectivity index (χ2n) is 6.70. The zero-order valence-electron chi connectivity index (χ0n) is 15.0. The fourth-order valence-corrected chi connectivity index (χ4v) is 3.29. The summed E-state index contributed by atoms with van der Waals surface area (Å²) in [6.45, 7) is 1.58. The summed E-state index contributed by atoms with van der Waals surface area (Å²) in [6, 6.07) is 10.1. The molecule has 2 heterocycles. The molecule has 6 heteroatoms. The first kappa shape index (κ1) is 18.0. The summed E-state index contributed by atoms with van der Waals surface area (Å²) in [5.41, 5.74) is 1.96. The average molecular weight is 352 g/mol. The number of nitrogens with zero attached hydrogens (tertiary/aromatic N) is 4. The number of piperidine rings is 1. The Morgan fingerprint density at radius 1 is 1.27 bits per heavy atom. The van der Waals surface area contributed by atoms with Crippen molar-refractivity contribution in [3.8, 4) is 0 Å². The lowest BCUT2D eigenvalue weighted by molar-refractivity contribution is -0.142. The Hall–Kier alpha value is -2.76.